The summed E-state index contributed by atoms with van der Waals surface area (Å²) < 4.78 is 1.46. The summed E-state index contributed by atoms with van der Waals surface area (Å²) in [6, 6.07) is 26.9. The van der Waals surface area contributed by atoms with E-state index in [-0.39, 0.29) is 28.6 Å². The van der Waals surface area contributed by atoms with Gasteiger partial charge in [-0.1, -0.05) is 51.1 Å². The summed E-state index contributed by atoms with van der Waals surface area (Å²) in [5, 5.41) is 8.92. The maximum Gasteiger partial charge on any atom is 0.293 e. The molecule has 0 aliphatic heterocycles. The van der Waals surface area contributed by atoms with Crippen LogP contribution in [-0.4, -0.2) is 21.4 Å². The number of anilines is 5. The molecule has 228 valence electrons. The van der Waals surface area contributed by atoms with Crippen molar-refractivity contribution in [3.63, 3.8) is 0 Å². The van der Waals surface area contributed by atoms with Crippen LogP contribution in [0.2, 0.25) is 0 Å². The first kappa shape index (κ1) is 30.7. The van der Waals surface area contributed by atoms with E-state index in [1.165, 1.54) is 4.57 Å². The van der Waals surface area contributed by atoms with Crippen molar-refractivity contribution < 1.29 is 9.59 Å². The lowest BCUT2D eigenvalue weighted by atomic mass is 9.86. The third-order valence-corrected chi connectivity index (χ3v) is 7.50. The van der Waals surface area contributed by atoms with Crippen LogP contribution in [0.3, 0.4) is 0 Å². The molecule has 2 amide bonds. The van der Waals surface area contributed by atoms with Crippen molar-refractivity contribution in [1.29, 1.82) is 0 Å². The highest BCUT2D eigenvalue weighted by atomic mass is 16.2. The topological polar surface area (TPSA) is 131 Å². The van der Waals surface area contributed by atoms with Crippen molar-refractivity contribution in [2.24, 2.45) is 7.05 Å². The average molecular weight is 601 g/mol. The molecule has 0 atom stereocenters. The van der Waals surface area contributed by atoms with Gasteiger partial charge in [-0.05, 0) is 84.1 Å². The fourth-order valence-electron chi connectivity index (χ4n) is 4.84. The number of nitrogens with two attached hydrogens (primary N) is 1. The molecule has 9 nitrogen and oxygen atoms in total. The lowest BCUT2D eigenvalue weighted by Gasteiger charge is -2.19. The maximum atomic E-state index is 13.1. The molecule has 0 unspecified atom stereocenters. The van der Waals surface area contributed by atoms with E-state index in [0.29, 0.717) is 39.6 Å². The van der Waals surface area contributed by atoms with Crippen LogP contribution < -0.4 is 27.2 Å². The number of carbonyl (C=O) groups is 2. The highest BCUT2D eigenvalue weighted by Crippen LogP contribution is 2.29. The van der Waals surface area contributed by atoms with Gasteiger partial charge in [0, 0.05) is 52.7 Å². The Morgan fingerprint density at radius 2 is 1.42 bits per heavy atom. The number of benzene rings is 4. The zero-order chi connectivity index (χ0) is 32.3. The molecule has 0 saturated carbocycles. The molecule has 0 aliphatic carbocycles. The normalized spacial score (nSPS) is 11.1. The third kappa shape index (κ3) is 7.10. The fraction of sp³-hybridized carbons (Fsp3) is 0.167. The molecule has 5 N–H and O–H groups in total. The molecular weight excluding hydrogens is 564 g/mol. The quantitative estimate of drug-likeness (QED) is 0.151. The number of rotatable bonds is 7. The highest BCUT2D eigenvalue weighted by Gasteiger charge is 2.17. The van der Waals surface area contributed by atoms with Crippen molar-refractivity contribution in [2.45, 2.75) is 33.1 Å². The van der Waals surface area contributed by atoms with Crippen LogP contribution in [0, 0.1) is 6.92 Å². The van der Waals surface area contributed by atoms with Crippen LogP contribution in [0.1, 0.15) is 52.6 Å². The van der Waals surface area contributed by atoms with Gasteiger partial charge in [0.2, 0.25) is 0 Å². The Labute approximate surface area is 262 Å². The van der Waals surface area contributed by atoms with Crippen LogP contribution in [0.4, 0.5) is 28.6 Å². The number of aryl methyl sites for hydroxylation is 1. The summed E-state index contributed by atoms with van der Waals surface area (Å²) in [6.45, 7) is 8.30. The monoisotopic (exact) mass is 600 g/mol. The molecule has 0 saturated heterocycles. The summed E-state index contributed by atoms with van der Waals surface area (Å²) in [5.41, 5.74) is 12.2. The number of hydrogen-bond acceptors (Lipinski definition) is 6. The van der Waals surface area contributed by atoms with E-state index < -0.39 is 0 Å². The van der Waals surface area contributed by atoms with Crippen molar-refractivity contribution in [1.82, 2.24) is 9.55 Å². The third-order valence-electron chi connectivity index (χ3n) is 7.50. The molecule has 5 aromatic rings. The van der Waals surface area contributed by atoms with Gasteiger partial charge in [-0.3, -0.25) is 14.4 Å². The molecule has 0 bridgehead atoms. The second kappa shape index (κ2) is 12.5. The molecule has 4 aromatic carbocycles. The van der Waals surface area contributed by atoms with Gasteiger partial charge in [0.05, 0.1) is 5.69 Å². The second-order valence-corrected chi connectivity index (χ2v) is 11.9. The second-order valence-electron chi connectivity index (χ2n) is 11.9. The Bertz CT molecular complexity index is 1940. The minimum atomic E-state index is -0.317. The first-order chi connectivity index (χ1) is 21.4. The number of amides is 2. The summed E-state index contributed by atoms with van der Waals surface area (Å²) >= 11 is 0. The van der Waals surface area contributed by atoms with Gasteiger partial charge in [0.1, 0.15) is 0 Å². The van der Waals surface area contributed by atoms with E-state index in [1.54, 1.807) is 61.8 Å². The molecule has 1 aromatic heterocycles. The van der Waals surface area contributed by atoms with Crippen LogP contribution >= 0.6 is 0 Å². The van der Waals surface area contributed by atoms with Gasteiger partial charge in [0.25, 0.3) is 17.4 Å². The van der Waals surface area contributed by atoms with Gasteiger partial charge in [0.15, 0.2) is 5.82 Å². The molecule has 1 heterocycles. The molecule has 0 fully saturated rings. The van der Waals surface area contributed by atoms with Crippen LogP contribution in [0.25, 0.3) is 11.3 Å². The minimum Gasteiger partial charge on any atom is -0.399 e. The zero-order valence-electron chi connectivity index (χ0n) is 25.9. The molecule has 0 spiro atoms. The van der Waals surface area contributed by atoms with Crippen molar-refractivity contribution >= 4 is 40.4 Å². The Hall–Kier alpha value is -5.70. The minimum absolute atomic E-state index is 0.00522. The number of carbonyl (C=O) groups excluding carboxylic acids is 2. The first-order valence-electron chi connectivity index (χ1n) is 14.5. The van der Waals surface area contributed by atoms with Gasteiger partial charge in [-0.15, -0.1) is 0 Å². The van der Waals surface area contributed by atoms with Gasteiger partial charge in [-0.25, -0.2) is 4.98 Å². The standard InChI is InChI=1S/C36H36N6O3/c1-22-29(10-7-11-30(22)41-34(44)23-12-16-25(17-13-23)36(2,3)4)31-21-42(5)35(45)32(40-31)38-27-18-14-24(15-19-27)33(43)39-28-9-6-8-26(37)20-28/h6-21H,37H2,1-5H3,(H,38,40)(H,39,43)(H,41,44). The summed E-state index contributed by atoms with van der Waals surface area (Å²) in [5.74, 6) is -0.371. The Kier molecular flexibility index (Phi) is 8.54. The number of hydrogen-bond donors (Lipinski definition) is 4. The summed E-state index contributed by atoms with van der Waals surface area (Å²) in [7, 11) is 1.66. The van der Waals surface area contributed by atoms with E-state index in [0.717, 1.165) is 16.7 Å². The summed E-state index contributed by atoms with van der Waals surface area (Å²) in [4.78, 5) is 43.4. The first-order valence-corrected chi connectivity index (χ1v) is 14.5. The summed E-state index contributed by atoms with van der Waals surface area (Å²) in [6.07, 6.45) is 1.66. The number of aromatic nitrogens is 2. The van der Waals surface area contributed by atoms with Crippen LogP contribution in [0.5, 0.6) is 0 Å². The number of nitrogen functional groups attached to an aromatic ring is 1. The van der Waals surface area contributed by atoms with Crippen molar-refractivity contribution in [3.8, 4) is 11.3 Å². The number of nitrogens with zero attached hydrogens (tertiary/aromatic N) is 2. The zero-order valence-corrected chi connectivity index (χ0v) is 25.9. The van der Waals surface area contributed by atoms with Crippen LogP contribution in [0.15, 0.2) is 102 Å². The predicted molar refractivity (Wildman–Crippen MR) is 181 cm³/mol. The van der Waals surface area contributed by atoms with Gasteiger partial charge in [-0.2, -0.15) is 0 Å². The van der Waals surface area contributed by atoms with Gasteiger partial charge < -0.3 is 26.3 Å². The molecular formula is C36H36N6O3. The Balaban J connectivity index is 1.34. The smallest absolute Gasteiger partial charge is 0.293 e. The van der Waals surface area contributed by atoms with Crippen LogP contribution in [-0.2, 0) is 12.5 Å². The SMILES string of the molecule is Cc1c(NC(=O)c2ccc(C(C)(C)C)cc2)cccc1-c1cn(C)c(=O)c(Nc2ccc(C(=O)Nc3cccc(N)c3)cc2)n1. The Morgan fingerprint density at radius 3 is 2.07 bits per heavy atom. The highest BCUT2D eigenvalue weighted by molar-refractivity contribution is 6.05. The van der Waals surface area contributed by atoms with E-state index >= 15 is 0 Å². The van der Waals surface area contributed by atoms with E-state index in [4.69, 9.17) is 5.73 Å². The molecule has 0 radical (unpaired) electrons. The number of nitrogens with one attached hydrogen (secondary N) is 3. The van der Waals surface area contributed by atoms with E-state index in [9.17, 15) is 14.4 Å². The largest absolute Gasteiger partial charge is 0.399 e. The Morgan fingerprint density at radius 1 is 0.800 bits per heavy atom. The lowest BCUT2D eigenvalue weighted by Crippen LogP contribution is -2.21. The molecule has 0 aliphatic rings. The average Bonchev–Trinajstić information content (AvgIpc) is 3.00. The predicted octanol–water partition coefficient (Wildman–Crippen LogP) is 6.88. The van der Waals surface area contributed by atoms with Crippen molar-refractivity contribution in [2.75, 3.05) is 21.7 Å². The van der Waals surface area contributed by atoms with Crippen molar-refractivity contribution in [3.05, 3.63) is 130 Å². The molecule has 5 rings (SSSR count). The molecule has 9 heteroatoms. The van der Waals surface area contributed by atoms with E-state index in [2.05, 4.69) is 41.7 Å². The lowest BCUT2D eigenvalue weighted by molar-refractivity contribution is 0.101. The molecule has 45 heavy (non-hydrogen) atoms. The fourth-order valence-corrected chi connectivity index (χ4v) is 4.84. The van der Waals surface area contributed by atoms with Gasteiger partial charge >= 0.3 is 0 Å². The van der Waals surface area contributed by atoms with E-state index in [1.807, 2.05) is 49.4 Å². The maximum absolute atomic E-state index is 13.1.